The fraction of sp³-hybridized carbons (Fsp3) is 0.222. The van der Waals surface area contributed by atoms with E-state index in [0.717, 1.165) is 0 Å². The average molecular weight is 274 g/mol. The van der Waals surface area contributed by atoms with Crippen LogP contribution in [-0.2, 0) is 0 Å². The van der Waals surface area contributed by atoms with Crippen LogP contribution in [0.3, 0.4) is 0 Å². The van der Waals surface area contributed by atoms with Gasteiger partial charge in [0.05, 0.1) is 16.5 Å². The molecule has 0 amide bonds. The van der Waals surface area contributed by atoms with Crippen molar-refractivity contribution in [2.24, 2.45) is 0 Å². The molecule has 0 aliphatic rings. The number of Topliss-reactive ketones (excluding diaryl/α,β-unsaturated/α-hetero) is 1. The Labute approximate surface area is 94.3 Å². The Kier molecular flexibility index (Phi) is 3.41. The molecule has 0 fully saturated rings. The van der Waals surface area contributed by atoms with Gasteiger partial charge in [0.2, 0.25) is 5.75 Å². The van der Waals surface area contributed by atoms with Crippen LogP contribution in [0.5, 0.6) is 5.75 Å². The zero-order chi connectivity index (χ0) is 11.6. The maximum Gasteiger partial charge on any atom is 0.312 e. The minimum absolute atomic E-state index is 0.0627. The first kappa shape index (κ1) is 11.6. The summed E-state index contributed by atoms with van der Waals surface area (Å²) >= 11 is 3.11. The van der Waals surface area contributed by atoms with E-state index in [0.29, 0.717) is 10.0 Å². The lowest BCUT2D eigenvalue weighted by Gasteiger charge is -2.06. The highest BCUT2D eigenvalue weighted by molar-refractivity contribution is 9.10. The zero-order valence-corrected chi connectivity index (χ0v) is 9.70. The van der Waals surface area contributed by atoms with E-state index in [1.54, 1.807) is 0 Å². The standard InChI is InChI=1S/C9H8BrNO4/c1-5(12)6-3-4-7(11(13)14)9(15-2)8(6)10/h3-4H,1-2H3. The van der Waals surface area contributed by atoms with Crippen molar-refractivity contribution in [3.63, 3.8) is 0 Å². The van der Waals surface area contributed by atoms with Gasteiger partial charge in [-0.3, -0.25) is 14.9 Å². The van der Waals surface area contributed by atoms with Crippen molar-refractivity contribution < 1.29 is 14.5 Å². The second-order valence-corrected chi connectivity index (χ2v) is 3.59. The number of nitrogens with zero attached hydrogens (tertiary/aromatic N) is 1. The second-order valence-electron chi connectivity index (χ2n) is 2.79. The third kappa shape index (κ3) is 2.15. The average Bonchev–Trinajstić information content (AvgIpc) is 2.16. The van der Waals surface area contributed by atoms with Crippen LogP contribution in [0.15, 0.2) is 16.6 Å². The second kappa shape index (κ2) is 4.39. The van der Waals surface area contributed by atoms with Gasteiger partial charge in [-0.05, 0) is 28.9 Å². The number of nitro groups is 1. The first-order chi connectivity index (χ1) is 6.99. The maximum atomic E-state index is 11.2. The molecule has 0 spiro atoms. The number of ketones is 1. The first-order valence-corrected chi connectivity index (χ1v) is 4.80. The Balaban J connectivity index is 3.45. The number of nitro benzene ring substituents is 1. The molecule has 0 aliphatic heterocycles. The minimum Gasteiger partial charge on any atom is -0.489 e. The number of halogens is 1. The smallest absolute Gasteiger partial charge is 0.312 e. The van der Waals surface area contributed by atoms with Crippen molar-refractivity contribution in [1.82, 2.24) is 0 Å². The molecule has 1 aromatic rings. The van der Waals surface area contributed by atoms with Crippen molar-refractivity contribution >= 4 is 27.4 Å². The number of hydrogen-bond acceptors (Lipinski definition) is 4. The molecular formula is C9H8BrNO4. The highest BCUT2D eigenvalue weighted by Crippen LogP contribution is 2.37. The summed E-state index contributed by atoms with van der Waals surface area (Å²) in [4.78, 5) is 21.2. The van der Waals surface area contributed by atoms with Crippen LogP contribution in [-0.4, -0.2) is 17.8 Å². The summed E-state index contributed by atoms with van der Waals surface area (Å²) in [5.74, 6) is -0.122. The molecule has 0 saturated carbocycles. The molecule has 1 rings (SSSR count). The van der Waals surface area contributed by atoms with Gasteiger partial charge >= 0.3 is 5.69 Å². The molecule has 0 bridgehead atoms. The number of rotatable bonds is 3. The third-order valence-electron chi connectivity index (χ3n) is 1.86. The summed E-state index contributed by atoms with van der Waals surface area (Å²) in [6, 6.07) is 2.65. The van der Waals surface area contributed by atoms with Gasteiger partial charge < -0.3 is 4.74 Å². The number of hydrogen-bond donors (Lipinski definition) is 0. The Hall–Kier alpha value is -1.43. The predicted octanol–water partition coefficient (Wildman–Crippen LogP) is 2.57. The van der Waals surface area contributed by atoms with Crippen molar-refractivity contribution in [3.8, 4) is 5.75 Å². The normalized spacial score (nSPS) is 9.80. The van der Waals surface area contributed by atoms with Gasteiger partial charge in [-0.15, -0.1) is 0 Å². The maximum absolute atomic E-state index is 11.2. The van der Waals surface area contributed by atoms with E-state index in [1.165, 1.54) is 26.2 Å². The van der Waals surface area contributed by atoms with E-state index in [4.69, 9.17) is 4.74 Å². The summed E-state index contributed by atoms with van der Waals surface area (Å²) in [6.07, 6.45) is 0. The molecule has 0 saturated heterocycles. The Morgan fingerprint density at radius 2 is 2.13 bits per heavy atom. The van der Waals surface area contributed by atoms with Crippen LogP contribution < -0.4 is 4.74 Å². The summed E-state index contributed by atoms with van der Waals surface area (Å²) in [6.45, 7) is 1.38. The Morgan fingerprint density at radius 3 is 2.53 bits per heavy atom. The third-order valence-corrected chi connectivity index (χ3v) is 2.64. The zero-order valence-electron chi connectivity index (χ0n) is 8.11. The van der Waals surface area contributed by atoms with Crippen LogP contribution in [0.2, 0.25) is 0 Å². The lowest BCUT2D eigenvalue weighted by molar-refractivity contribution is -0.385. The van der Waals surface area contributed by atoms with Crippen molar-refractivity contribution in [1.29, 1.82) is 0 Å². The molecule has 0 N–H and O–H groups in total. The molecule has 0 aromatic heterocycles. The van der Waals surface area contributed by atoms with Crippen LogP contribution >= 0.6 is 15.9 Å². The fourth-order valence-corrected chi connectivity index (χ4v) is 1.93. The lowest BCUT2D eigenvalue weighted by Crippen LogP contribution is -2.00. The number of methoxy groups -OCH3 is 1. The molecule has 80 valence electrons. The highest BCUT2D eigenvalue weighted by Gasteiger charge is 2.21. The fourth-order valence-electron chi connectivity index (χ4n) is 1.16. The quantitative estimate of drug-likeness (QED) is 0.482. The molecule has 0 unspecified atom stereocenters. The number of ether oxygens (including phenoxy) is 1. The van der Waals surface area contributed by atoms with Crippen molar-refractivity contribution in [2.45, 2.75) is 6.92 Å². The van der Waals surface area contributed by atoms with Crippen LogP contribution in [0, 0.1) is 10.1 Å². The minimum atomic E-state index is -0.562. The van der Waals surface area contributed by atoms with Gasteiger partial charge in [0.15, 0.2) is 5.78 Å². The van der Waals surface area contributed by atoms with Gasteiger partial charge in [0.25, 0.3) is 0 Å². The van der Waals surface area contributed by atoms with Crippen LogP contribution in [0.25, 0.3) is 0 Å². The van der Waals surface area contributed by atoms with E-state index < -0.39 is 4.92 Å². The van der Waals surface area contributed by atoms with E-state index in [2.05, 4.69) is 15.9 Å². The number of benzene rings is 1. The van der Waals surface area contributed by atoms with E-state index >= 15 is 0 Å². The molecule has 0 radical (unpaired) electrons. The summed E-state index contributed by atoms with van der Waals surface area (Å²) in [7, 11) is 1.32. The first-order valence-electron chi connectivity index (χ1n) is 4.00. The number of carbonyl (C=O) groups excluding carboxylic acids is 1. The summed E-state index contributed by atoms with van der Waals surface area (Å²) in [5, 5.41) is 10.6. The van der Waals surface area contributed by atoms with Gasteiger partial charge in [-0.1, -0.05) is 0 Å². The number of carbonyl (C=O) groups is 1. The molecule has 1 aromatic carbocycles. The van der Waals surface area contributed by atoms with Crippen molar-refractivity contribution in [2.75, 3.05) is 7.11 Å². The van der Waals surface area contributed by atoms with E-state index in [1.807, 2.05) is 0 Å². The predicted molar refractivity (Wildman–Crippen MR) is 57.4 cm³/mol. The van der Waals surface area contributed by atoms with Gasteiger partial charge in [-0.25, -0.2) is 0 Å². The Bertz CT molecular complexity index is 430. The van der Waals surface area contributed by atoms with Gasteiger partial charge in [0.1, 0.15) is 0 Å². The van der Waals surface area contributed by atoms with Gasteiger partial charge in [-0.2, -0.15) is 0 Å². The molecule has 0 heterocycles. The van der Waals surface area contributed by atoms with E-state index in [9.17, 15) is 14.9 Å². The van der Waals surface area contributed by atoms with Crippen molar-refractivity contribution in [3.05, 3.63) is 32.3 Å². The lowest BCUT2D eigenvalue weighted by atomic mass is 10.1. The molecule has 5 nitrogen and oxygen atoms in total. The molecule has 15 heavy (non-hydrogen) atoms. The molecule has 6 heteroatoms. The largest absolute Gasteiger partial charge is 0.489 e. The van der Waals surface area contributed by atoms with Crippen LogP contribution in [0.1, 0.15) is 17.3 Å². The topological polar surface area (TPSA) is 69.4 Å². The highest BCUT2D eigenvalue weighted by atomic mass is 79.9. The van der Waals surface area contributed by atoms with E-state index in [-0.39, 0.29) is 17.2 Å². The molecular weight excluding hydrogens is 266 g/mol. The van der Waals surface area contributed by atoms with Gasteiger partial charge in [0, 0.05) is 11.6 Å². The Morgan fingerprint density at radius 1 is 1.53 bits per heavy atom. The summed E-state index contributed by atoms with van der Waals surface area (Å²) in [5.41, 5.74) is 0.187. The van der Waals surface area contributed by atoms with Crippen LogP contribution in [0.4, 0.5) is 5.69 Å². The molecule has 0 aliphatic carbocycles. The SMILES string of the molecule is COc1c([N+](=O)[O-])ccc(C(C)=O)c1Br. The summed E-state index contributed by atoms with van der Waals surface area (Å²) < 4.78 is 5.20. The monoisotopic (exact) mass is 273 g/mol. The molecule has 0 atom stereocenters.